The first-order valence-electron chi connectivity index (χ1n) is 6.43. The number of allylic oxidation sites excluding steroid dienone is 4. The second-order valence-corrected chi connectivity index (χ2v) is 5.82. The van der Waals surface area contributed by atoms with Gasteiger partial charge in [-0.15, -0.1) is 0 Å². The largest absolute Gasteiger partial charge is 0.298 e. The number of fused-ring (bicyclic) bond motifs is 1. The number of hydrogen-bond acceptors (Lipinski definition) is 1. The third-order valence-electron chi connectivity index (χ3n) is 4.39. The van der Waals surface area contributed by atoms with Gasteiger partial charge in [-0.05, 0) is 49.0 Å². The summed E-state index contributed by atoms with van der Waals surface area (Å²) in [6.07, 6.45) is 8.88. The highest BCUT2D eigenvalue weighted by Gasteiger charge is 2.37. The van der Waals surface area contributed by atoms with Crippen LogP contribution in [0.4, 0.5) is 0 Å². The first-order valence-corrected chi connectivity index (χ1v) is 6.43. The molecule has 0 aromatic carbocycles. The van der Waals surface area contributed by atoms with Crippen LogP contribution in [0, 0.1) is 11.3 Å². The monoisotopic (exact) mass is 218 g/mol. The van der Waals surface area contributed by atoms with E-state index in [4.69, 9.17) is 0 Å². The summed E-state index contributed by atoms with van der Waals surface area (Å²) in [7, 11) is 0. The average Bonchev–Trinajstić information content (AvgIpc) is 2.48. The van der Waals surface area contributed by atoms with Crippen molar-refractivity contribution in [1.82, 2.24) is 0 Å². The van der Waals surface area contributed by atoms with Gasteiger partial charge in [0.2, 0.25) is 0 Å². The van der Waals surface area contributed by atoms with E-state index in [1.165, 1.54) is 12.8 Å². The highest BCUT2D eigenvalue weighted by atomic mass is 16.1. The van der Waals surface area contributed by atoms with Crippen LogP contribution in [0.15, 0.2) is 22.8 Å². The van der Waals surface area contributed by atoms with E-state index < -0.39 is 0 Å². The molecule has 0 amide bonds. The molecule has 2 aliphatic carbocycles. The van der Waals surface area contributed by atoms with E-state index >= 15 is 0 Å². The molecule has 0 spiro atoms. The zero-order valence-electron chi connectivity index (χ0n) is 10.7. The summed E-state index contributed by atoms with van der Waals surface area (Å²) < 4.78 is 0. The summed E-state index contributed by atoms with van der Waals surface area (Å²) in [5, 5.41) is 0. The lowest BCUT2D eigenvalue weighted by Gasteiger charge is -2.26. The average molecular weight is 218 g/mol. The van der Waals surface area contributed by atoms with Crippen LogP contribution in [0.1, 0.15) is 52.9 Å². The topological polar surface area (TPSA) is 17.1 Å². The van der Waals surface area contributed by atoms with Crippen molar-refractivity contribution in [3.05, 3.63) is 22.8 Å². The molecule has 0 unspecified atom stereocenters. The molecular formula is C15H22O. The summed E-state index contributed by atoms with van der Waals surface area (Å²) >= 11 is 0. The molecule has 1 heteroatoms. The second kappa shape index (κ2) is 4.20. The lowest BCUT2D eigenvalue weighted by molar-refractivity contribution is -0.105. The smallest absolute Gasteiger partial charge is 0.145 e. The summed E-state index contributed by atoms with van der Waals surface area (Å²) in [4.78, 5) is 10.9. The standard InChI is InChI=1S/C15H22O/c1-11(2)13-7-9-15(3)8-6-12(10-16)4-5-14(13)15/h6,10-11H,4-5,7-9H2,1-3H3/t15-/m0/s1. The first-order chi connectivity index (χ1) is 7.57. The molecule has 2 aliphatic rings. The van der Waals surface area contributed by atoms with E-state index in [1.54, 1.807) is 11.1 Å². The van der Waals surface area contributed by atoms with Crippen LogP contribution in [-0.4, -0.2) is 6.29 Å². The summed E-state index contributed by atoms with van der Waals surface area (Å²) in [6, 6.07) is 0. The van der Waals surface area contributed by atoms with Crippen molar-refractivity contribution in [3.8, 4) is 0 Å². The van der Waals surface area contributed by atoms with Gasteiger partial charge in [0.15, 0.2) is 0 Å². The van der Waals surface area contributed by atoms with E-state index in [0.29, 0.717) is 11.3 Å². The molecule has 0 bridgehead atoms. The molecule has 88 valence electrons. The zero-order valence-corrected chi connectivity index (χ0v) is 10.7. The van der Waals surface area contributed by atoms with Gasteiger partial charge in [-0.2, -0.15) is 0 Å². The summed E-state index contributed by atoms with van der Waals surface area (Å²) in [5.74, 6) is 0.676. The van der Waals surface area contributed by atoms with E-state index in [0.717, 1.165) is 31.1 Å². The highest BCUT2D eigenvalue weighted by molar-refractivity contribution is 5.73. The van der Waals surface area contributed by atoms with Crippen LogP contribution < -0.4 is 0 Å². The maximum absolute atomic E-state index is 10.9. The van der Waals surface area contributed by atoms with Crippen LogP contribution in [0.5, 0.6) is 0 Å². The molecule has 0 aliphatic heterocycles. The second-order valence-electron chi connectivity index (χ2n) is 5.82. The molecule has 0 N–H and O–H groups in total. The molecule has 0 heterocycles. The van der Waals surface area contributed by atoms with Crippen molar-refractivity contribution in [2.45, 2.75) is 52.9 Å². The Morgan fingerprint density at radius 2 is 2.06 bits per heavy atom. The van der Waals surface area contributed by atoms with Crippen molar-refractivity contribution in [1.29, 1.82) is 0 Å². The van der Waals surface area contributed by atoms with E-state index in [2.05, 4.69) is 26.8 Å². The fraction of sp³-hybridized carbons (Fsp3) is 0.667. The van der Waals surface area contributed by atoms with Gasteiger partial charge in [0, 0.05) is 0 Å². The number of aldehydes is 1. The maximum atomic E-state index is 10.9. The Bertz CT molecular complexity index is 360. The van der Waals surface area contributed by atoms with Crippen molar-refractivity contribution in [2.75, 3.05) is 0 Å². The predicted molar refractivity (Wildman–Crippen MR) is 67.2 cm³/mol. The molecule has 0 fully saturated rings. The van der Waals surface area contributed by atoms with Crippen molar-refractivity contribution < 1.29 is 4.79 Å². The molecule has 0 radical (unpaired) electrons. The third-order valence-corrected chi connectivity index (χ3v) is 4.39. The SMILES string of the molecule is CC(C)C1=C2CCC(C=O)=CC[C@@]2(C)CC1. The Morgan fingerprint density at radius 3 is 2.69 bits per heavy atom. The minimum absolute atomic E-state index is 0.352. The van der Waals surface area contributed by atoms with Gasteiger partial charge in [-0.1, -0.05) is 38.0 Å². The van der Waals surface area contributed by atoms with Gasteiger partial charge >= 0.3 is 0 Å². The molecule has 0 saturated heterocycles. The zero-order chi connectivity index (χ0) is 11.8. The minimum Gasteiger partial charge on any atom is -0.298 e. The van der Waals surface area contributed by atoms with Gasteiger partial charge in [0.05, 0.1) is 0 Å². The fourth-order valence-electron chi connectivity index (χ4n) is 3.26. The van der Waals surface area contributed by atoms with Gasteiger partial charge in [0.1, 0.15) is 6.29 Å². The Morgan fingerprint density at radius 1 is 1.31 bits per heavy atom. The van der Waals surface area contributed by atoms with Crippen LogP contribution in [0.25, 0.3) is 0 Å². The van der Waals surface area contributed by atoms with E-state index in [1.807, 2.05) is 0 Å². The Balaban J connectivity index is 2.32. The summed E-state index contributed by atoms with van der Waals surface area (Å²) in [5.41, 5.74) is 4.69. The van der Waals surface area contributed by atoms with Crippen LogP contribution in [0.3, 0.4) is 0 Å². The Kier molecular flexibility index (Phi) is 3.05. The van der Waals surface area contributed by atoms with Gasteiger partial charge in [-0.3, -0.25) is 4.79 Å². The summed E-state index contributed by atoms with van der Waals surface area (Å²) in [6.45, 7) is 6.97. The Hall–Kier alpha value is -0.850. The van der Waals surface area contributed by atoms with Crippen molar-refractivity contribution >= 4 is 6.29 Å². The van der Waals surface area contributed by atoms with Gasteiger partial charge in [0.25, 0.3) is 0 Å². The third kappa shape index (κ3) is 1.88. The molecule has 16 heavy (non-hydrogen) atoms. The first kappa shape index (κ1) is 11.6. The molecule has 1 atom stereocenters. The highest BCUT2D eigenvalue weighted by Crippen LogP contribution is 2.51. The lowest BCUT2D eigenvalue weighted by atomic mass is 9.79. The van der Waals surface area contributed by atoms with Gasteiger partial charge in [-0.25, -0.2) is 0 Å². The van der Waals surface area contributed by atoms with Crippen LogP contribution >= 0.6 is 0 Å². The predicted octanol–water partition coefficient (Wildman–Crippen LogP) is 4.05. The Labute approximate surface area is 98.6 Å². The normalized spacial score (nSPS) is 30.1. The fourth-order valence-corrected chi connectivity index (χ4v) is 3.26. The quantitative estimate of drug-likeness (QED) is 0.505. The molecular weight excluding hydrogens is 196 g/mol. The van der Waals surface area contributed by atoms with Crippen molar-refractivity contribution in [3.63, 3.8) is 0 Å². The number of hydrogen-bond donors (Lipinski definition) is 0. The maximum Gasteiger partial charge on any atom is 0.145 e. The van der Waals surface area contributed by atoms with Crippen LogP contribution in [-0.2, 0) is 4.79 Å². The lowest BCUT2D eigenvalue weighted by Crippen LogP contribution is -2.14. The van der Waals surface area contributed by atoms with Crippen molar-refractivity contribution in [2.24, 2.45) is 11.3 Å². The molecule has 0 aromatic rings. The molecule has 1 nitrogen and oxygen atoms in total. The van der Waals surface area contributed by atoms with E-state index in [-0.39, 0.29) is 0 Å². The molecule has 0 aromatic heterocycles. The molecule has 0 saturated carbocycles. The number of rotatable bonds is 2. The number of carbonyl (C=O) groups is 1. The molecule has 2 rings (SSSR count). The van der Waals surface area contributed by atoms with Crippen LogP contribution in [0.2, 0.25) is 0 Å². The number of carbonyl (C=O) groups excluding carboxylic acids is 1. The minimum atomic E-state index is 0.352. The van der Waals surface area contributed by atoms with E-state index in [9.17, 15) is 4.79 Å². The van der Waals surface area contributed by atoms with Gasteiger partial charge < -0.3 is 0 Å².